The van der Waals surface area contributed by atoms with E-state index < -0.39 is 0 Å². The van der Waals surface area contributed by atoms with Crippen LogP contribution in [-0.2, 0) is 16.6 Å². The second-order valence-corrected chi connectivity index (χ2v) is 6.84. The van der Waals surface area contributed by atoms with Gasteiger partial charge in [-0.15, -0.1) is 0 Å². The lowest BCUT2D eigenvalue weighted by atomic mass is 9.53. The van der Waals surface area contributed by atoms with Gasteiger partial charge in [0.2, 0.25) is 0 Å². The second-order valence-electron chi connectivity index (χ2n) is 6.84. The molecule has 0 radical (unpaired) electrons. The van der Waals surface area contributed by atoms with Crippen molar-refractivity contribution >= 4 is 5.78 Å². The van der Waals surface area contributed by atoms with E-state index in [2.05, 4.69) is 24.1 Å². The van der Waals surface area contributed by atoms with Gasteiger partial charge in [0, 0.05) is 29.4 Å². The number of nitrogens with zero attached hydrogens (tertiary/aromatic N) is 1. The van der Waals surface area contributed by atoms with Crippen LogP contribution < -0.4 is 4.74 Å². The largest absolute Gasteiger partial charge is 0.504 e. The first-order valence-electron chi connectivity index (χ1n) is 7.87. The fourth-order valence-corrected chi connectivity index (χ4v) is 4.84. The molecular weight excluding hydrogens is 278 g/mol. The number of carbonyl (C=O) groups is 1. The quantitative estimate of drug-likeness (QED) is 0.862. The number of rotatable bonds is 1. The predicted octanol–water partition coefficient (Wildman–Crippen LogP) is 2.04. The number of fused-ring (bicyclic) bond motifs is 1. The van der Waals surface area contributed by atoms with Crippen molar-refractivity contribution in [2.24, 2.45) is 5.92 Å². The van der Waals surface area contributed by atoms with E-state index in [4.69, 9.17) is 4.74 Å². The third kappa shape index (κ3) is 1.64. The highest BCUT2D eigenvalue weighted by atomic mass is 16.5. The summed E-state index contributed by atoms with van der Waals surface area (Å²) in [6, 6.07) is 4.29. The molecule has 1 aliphatic heterocycles. The van der Waals surface area contributed by atoms with E-state index in [9.17, 15) is 9.90 Å². The van der Waals surface area contributed by atoms with Gasteiger partial charge >= 0.3 is 0 Å². The number of phenols is 1. The minimum Gasteiger partial charge on any atom is -0.504 e. The Morgan fingerprint density at radius 2 is 2.23 bits per heavy atom. The number of phenolic OH excluding ortho intramolecular Hbond substituents is 1. The molecule has 4 nitrogen and oxygen atoms in total. The molecule has 2 bridgehead atoms. The van der Waals surface area contributed by atoms with Gasteiger partial charge in [-0.3, -0.25) is 4.79 Å². The molecule has 1 N–H and O–H groups in total. The Balaban J connectivity index is 1.98. The van der Waals surface area contributed by atoms with Crippen LogP contribution in [0.2, 0.25) is 0 Å². The summed E-state index contributed by atoms with van der Waals surface area (Å²) in [7, 11) is 3.73. The highest BCUT2D eigenvalue weighted by Crippen LogP contribution is 2.56. The van der Waals surface area contributed by atoms with E-state index in [0.29, 0.717) is 18.2 Å². The first-order chi connectivity index (χ1) is 10.6. The molecule has 1 aromatic rings. The third-order valence-corrected chi connectivity index (χ3v) is 5.88. The summed E-state index contributed by atoms with van der Waals surface area (Å²) in [6.45, 7) is 0.957. The Kier molecular flexibility index (Phi) is 2.89. The smallest absolute Gasteiger partial charge is 0.161 e. The number of allylic oxidation sites excluding steroid dienone is 1. The van der Waals surface area contributed by atoms with Gasteiger partial charge in [0.25, 0.3) is 0 Å². The highest BCUT2D eigenvalue weighted by molar-refractivity contribution is 5.92. The predicted molar refractivity (Wildman–Crippen MR) is 83.3 cm³/mol. The Labute approximate surface area is 130 Å². The zero-order valence-corrected chi connectivity index (χ0v) is 13.0. The molecule has 2 aliphatic carbocycles. The lowest BCUT2D eigenvalue weighted by Gasteiger charge is -2.56. The van der Waals surface area contributed by atoms with Gasteiger partial charge in [-0.05, 0) is 44.1 Å². The van der Waals surface area contributed by atoms with Gasteiger partial charge in [-0.2, -0.15) is 0 Å². The molecule has 3 atom stereocenters. The van der Waals surface area contributed by atoms with Crippen LogP contribution in [0.3, 0.4) is 0 Å². The molecule has 0 amide bonds. The van der Waals surface area contributed by atoms with Crippen LogP contribution in [0.4, 0.5) is 0 Å². The van der Waals surface area contributed by atoms with Crippen LogP contribution in [0.15, 0.2) is 24.3 Å². The molecule has 4 heteroatoms. The van der Waals surface area contributed by atoms with Crippen LogP contribution in [0, 0.1) is 5.92 Å². The maximum Gasteiger partial charge on any atom is 0.161 e. The number of ether oxygens (including phenoxy) is 1. The highest BCUT2D eigenvalue weighted by Gasteiger charge is 2.54. The van der Waals surface area contributed by atoms with Gasteiger partial charge in [-0.1, -0.05) is 12.1 Å². The Morgan fingerprint density at radius 3 is 3.00 bits per heavy atom. The number of hydrogen-bond donors (Lipinski definition) is 1. The van der Waals surface area contributed by atoms with Crippen molar-refractivity contribution in [3.63, 3.8) is 0 Å². The summed E-state index contributed by atoms with van der Waals surface area (Å²) in [5.74, 6) is 1.19. The summed E-state index contributed by atoms with van der Waals surface area (Å²) < 4.78 is 5.31. The number of methoxy groups -OCH3 is 1. The van der Waals surface area contributed by atoms with E-state index in [1.54, 1.807) is 13.2 Å². The van der Waals surface area contributed by atoms with E-state index in [1.807, 2.05) is 6.07 Å². The molecular formula is C18H21NO3. The molecule has 1 saturated heterocycles. The van der Waals surface area contributed by atoms with Crippen molar-refractivity contribution in [1.29, 1.82) is 0 Å². The zero-order valence-electron chi connectivity index (χ0n) is 13.0. The number of piperidine rings is 1. The van der Waals surface area contributed by atoms with E-state index in [1.165, 1.54) is 0 Å². The molecule has 4 rings (SSSR count). The summed E-state index contributed by atoms with van der Waals surface area (Å²) in [5.41, 5.74) is 1.85. The van der Waals surface area contributed by atoms with Crippen molar-refractivity contribution in [3.8, 4) is 11.5 Å². The van der Waals surface area contributed by atoms with Crippen molar-refractivity contribution in [1.82, 2.24) is 4.90 Å². The fraction of sp³-hybridized carbons (Fsp3) is 0.500. The third-order valence-electron chi connectivity index (χ3n) is 5.88. The van der Waals surface area contributed by atoms with Crippen LogP contribution in [0.5, 0.6) is 11.5 Å². The van der Waals surface area contributed by atoms with Crippen molar-refractivity contribution in [2.45, 2.75) is 30.7 Å². The number of benzene rings is 1. The maximum atomic E-state index is 12.2. The van der Waals surface area contributed by atoms with Gasteiger partial charge in [0.15, 0.2) is 17.3 Å². The van der Waals surface area contributed by atoms with Crippen molar-refractivity contribution < 1.29 is 14.6 Å². The summed E-state index contributed by atoms with van der Waals surface area (Å²) in [5, 5.41) is 10.8. The molecule has 22 heavy (non-hydrogen) atoms. The van der Waals surface area contributed by atoms with Crippen LogP contribution >= 0.6 is 0 Å². The van der Waals surface area contributed by atoms with Gasteiger partial charge in [0.1, 0.15) is 0 Å². The minimum atomic E-state index is -0.269. The normalized spacial score (nSPS) is 33.3. The molecule has 1 heterocycles. The minimum absolute atomic E-state index is 0.162. The molecule has 116 valence electrons. The van der Waals surface area contributed by atoms with Crippen LogP contribution in [0.1, 0.15) is 24.0 Å². The van der Waals surface area contributed by atoms with Crippen LogP contribution in [-0.4, -0.2) is 42.5 Å². The summed E-state index contributed by atoms with van der Waals surface area (Å²) >= 11 is 0. The summed E-state index contributed by atoms with van der Waals surface area (Å²) in [6.07, 6.45) is 6.11. The Bertz CT molecular complexity index is 681. The monoisotopic (exact) mass is 299 g/mol. The molecule has 3 aliphatic rings. The summed E-state index contributed by atoms with van der Waals surface area (Å²) in [4.78, 5) is 14.6. The average molecular weight is 299 g/mol. The zero-order chi connectivity index (χ0) is 15.5. The molecule has 0 aromatic heterocycles. The Morgan fingerprint density at radius 1 is 1.41 bits per heavy atom. The SMILES string of the molecule is COc1ccc2c(c1O)[C@]13CCN(C)C(C2)[C@@H]1C=CC(=O)C3. The standard InChI is InChI=1S/C18H21NO3/c1-19-8-7-18-10-12(20)4-5-13(18)14(19)9-11-3-6-15(22-2)17(21)16(11)18/h3-6,13-14,21H,7-10H2,1-2H3/t13-,14?,18-/m0/s1. The van der Waals surface area contributed by atoms with Gasteiger partial charge < -0.3 is 14.7 Å². The molecule has 0 saturated carbocycles. The average Bonchev–Trinajstić information content (AvgIpc) is 2.50. The fourth-order valence-electron chi connectivity index (χ4n) is 4.84. The number of ketones is 1. The van der Waals surface area contributed by atoms with Crippen molar-refractivity contribution in [2.75, 3.05) is 20.7 Å². The van der Waals surface area contributed by atoms with Gasteiger partial charge in [-0.25, -0.2) is 0 Å². The van der Waals surface area contributed by atoms with Crippen molar-refractivity contribution in [3.05, 3.63) is 35.4 Å². The van der Waals surface area contributed by atoms with E-state index in [-0.39, 0.29) is 22.9 Å². The second kappa shape index (κ2) is 4.59. The lowest BCUT2D eigenvalue weighted by molar-refractivity contribution is -0.118. The first-order valence-corrected chi connectivity index (χ1v) is 7.87. The lowest BCUT2D eigenvalue weighted by Crippen LogP contribution is -2.59. The number of carbonyl (C=O) groups excluding carboxylic acids is 1. The van der Waals surface area contributed by atoms with Crippen LogP contribution in [0.25, 0.3) is 0 Å². The maximum absolute atomic E-state index is 12.2. The number of hydrogen-bond acceptors (Lipinski definition) is 4. The molecule has 1 fully saturated rings. The number of likely N-dealkylation sites (N-methyl/N-ethyl adjacent to an activating group) is 1. The van der Waals surface area contributed by atoms with E-state index in [0.717, 1.165) is 30.5 Å². The topological polar surface area (TPSA) is 49.8 Å². The van der Waals surface area contributed by atoms with E-state index >= 15 is 0 Å². The first kappa shape index (κ1) is 13.8. The van der Waals surface area contributed by atoms with Gasteiger partial charge in [0.05, 0.1) is 7.11 Å². The number of aromatic hydroxyl groups is 1. The molecule has 1 aromatic carbocycles. The molecule has 0 spiro atoms. The Hall–Kier alpha value is -1.81. The number of likely N-dealkylation sites (tertiary alicyclic amines) is 1. The molecule has 1 unspecified atom stereocenters.